The summed E-state index contributed by atoms with van der Waals surface area (Å²) in [6.07, 6.45) is 7.81. The van der Waals surface area contributed by atoms with E-state index in [4.69, 9.17) is 4.99 Å². The fraction of sp³-hybridized carbons (Fsp3) is 0.682. The zero-order valence-electron chi connectivity index (χ0n) is 18.3. The average molecular weight is 536 g/mol. The summed E-state index contributed by atoms with van der Waals surface area (Å²) in [7, 11) is -3.00. The Morgan fingerprint density at radius 2 is 1.69 bits per heavy atom. The molecule has 0 amide bonds. The van der Waals surface area contributed by atoms with E-state index >= 15 is 0 Å². The first-order valence-corrected chi connectivity index (χ1v) is 12.6. The first-order valence-electron chi connectivity index (χ1n) is 10.5. The number of guanidine groups is 1. The third-order valence-electron chi connectivity index (χ3n) is 5.35. The molecule has 0 aromatic heterocycles. The summed E-state index contributed by atoms with van der Waals surface area (Å²) >= 11 is 0. The molecule has 0 saturated heterocycles. The Labute approximate surface area is 194 Å². The van der Waals surface area contributed by atoms with E-state index in [0.29, 0.717) is 17.9 Å². The minimum atomic E-state index is -3.00. The monoisotopic (exact) mass is 535 g/mol. The molecule has 0 unspecified atom stereocenters. The fourth-order valence-corrected chi connectivity index (χ4v) is 5.07. The van der Waals surface area contributed by atoms with Gasteiger partial charge in [-0.3, -0.25) is 0 Å². The molecule has 29 heavy (non-hydrogen) atoms. The van der Waals surface area contributed by atoms with E-state index in [1.165, 1.54) is 38.4 Å². The van der Waals surface area contributed by atoms with Crippen molar-refractivity contribution in [1.82, 2.24) is 10.6 Å². The highest BCUT2D eigenvalue weighted by atomic mass is 127. The topological polar surface area (TPSA) is 70.6 Å². The van der Waals surface area contributed by atoms with Crippen LogP contribution in [0.4, 0.5) is 0 Å². The molecular formula is C22H38IN3O2S. The molecule has 2 N–H and O–H groups in total. The van der Waals surface area contributed by atoms with Gasteiger partial charge in [0.2, 0.25) is 0 Å². The van der Waals surface area contributed by atoms with E-state index in [9.17, 15) is 8.42 Å². The smallest absolute Gasteiger partial charge is 0.191 e. The molecule has 1 aromatic carbocycles. The molecule has 7 heteroatoms. The van der Waals surface area contributed by atoms with E-state index in [2.05, 4.69) is 31.4 Å². The first-order chi connectivity index (χ1) is 13.2. The van der Waals surface area contributed by atoms with E-state index in [0.717, 1.165) is 30.2 Å². The van der Waals surface area contributed by atoms with Gasteiger partial charge in [0.1, 0.15) is 0 Å². The minimum Gasteiger partial charge on any atom is -0.357 e. The molecule has 1 aliphatic rings. The Bertz CT molecular complexity index is 740. The Hall–Kier alpha value is -0.830. The molecule has 1 saturated carbocycles. The number of rotatable bonds is 9. The SMILES string of the molecule is CCNC(=NCc1ccc(CS(C)(=O)=O)cc1)NCC1(CC(C)C)CCCC1.I. The maximum absolute atomic E-state index is 11.4. The van der Waals surface area contributed by atoms with E-state index in [-0.39, 0.29) is 29.7 Å². The third kappa shape index (κ3) is 9.68. The van der Waals surface area contributed by atoms with Crippen molar-refractivity contribution in [1.29, 1.82) is 0 Å². The number of nitrogens with zero attached hydrogens (tertiary/aromatic N) is 1. The summed E-state index contributed by atoms with van der Waals surface area (Å²) in [5.74, 6) is 1.65. The number of sulfone groups is 1. The second-order valence-corrected chi connectivity index (χ2v) is 10.9. The van der Waals surface area contributed by atoms with Crippen LogP contribution >= 0.6 is 24.0 Å². The van der Waals surface area contributed by atoms with Gasteiger partial charge in [0.25, 0.3) is 0 Å². The van der Waals surface area contributed by atoms with Crippen LogP contribution in [0.5, 0.6) is 0 Å². The van der Waals surface area contributed by atoms with Crippen molar-refractivity contribution in [2.24, 2.45) is 16.3 Å². The van der Waals surface area contributed by atoms with Crippen molar-refractivity contribution >= 4 is 39.8 Å². The molecule has 1 aliphatic carbocycles. The second kappa shape index (κ2) is 12.1. The summed E-state index contributed by atoms with van der Waals surface area (Å²) in [6.45, 7) is 9.09. The van der Waals surface area contributed by atoms with Gasteiger partial charge in [-0.1, -0.05) is 51.0 Å². The van der Waals surface area contributed by atoms with Crippen molar-refractivity contribution in [3.63, 3.8) is 0 Å². The molecular weight excluding hydrogens is 497 g/mol. The average Bonchev–Trinajstić information content (AvgIpc) is 3.05. The molecule has 5 nitrogen and oxygen atoms in total. The van der Waals surface area contributed by atoms with Gasteiger partial charge in [0.15, 0.2) is 15.8 Å². The molecule has 0 aliphatic heterocycles. The zero-order chi connectivity index (χ0) is 20.6. The van der Waals surface area contributed by atoms with Gasteiger partial charge in [-0.05, 0) is 48.6 Å². The van der Waals surface area contributed by atoms with Crippen molar-refractivity contribution < 1.29 is 8.42 Å². The van der Waals surface area contributed by atoms with E-state index in [1.54, 1.807) is 0 Å². The van der Waals surface area contributed by atoms with Crippen LogP contribution in [0.2, 0.25) is 0 Å². The zero-order valence-corrected chi connectivity index (χ0v) is 21.5. The predicted molar refractivity (Wildman–Crippen MR) is 134 cm³/mol. The highest BCUT2D eigenvalue weighted by Crippen LogP contribution is 2.42. The number of aliphatic imine (C=N–C) groups is 1. The lowest BCUT2D eigenvalue weighted by molar-refractivity contribution is 0.235. The van der Waals surface area contributed by atoms with Gasteiger partial charge in [-0.25, -0.2) is 13.4 Å². The lowest BCUT2D eigenvalue weighted by atomic mass is 9.78. The fourth-order valence-electron chi connectivity index (χ4n) is 4.27. The number of halogens is 1. The van der Waals surface area contributed by atoms with Gasteiger partial charge in [0, 0.05) is 19.3 Å². The largest absolute Gasteiger partial charge is 0.357 e. The highest BCUT2D eigenvalue weighted by Gasteiger charge is 2.34. The second-order valence-electron chi connectivity index (χ2n) is 8.74. The Morgan fingerprint density at radius 3 is 2.21 bits per heavy atom. The molecule has 0 bridgehead atoms. The van der Waals surface area contributed by atoms with E-state index in [1.807, 2.05) is 24.3 Å². The standard InChI is InChI=1S/C22H37N3O2S.HI/c1-5-23-21(25-17-22(14-18(2)3)12-6-7-13-22)24-15-19-8-10-20(11-9-19)16-28(4,26)27;/h8-11,18H,5-7,12-17H2,1-4H3,(H2,23,24,25);1H. The summed E-state index contributed by atoms with van der Waals surface area (Å²) in [6, 6.07) is 7.68. The third-order valence-corrected chi connectivity index (χ3v) is 6.21. The Morgan fingerprint density at radius 1 is 1.10 bits per heavy atom. The van der Waals surface area contributed by atoms with Crippen molar-refractivity contribution in [3.8, 4) is 0 Å². The number of hydrogen-bond acceptors (Lipinski definition) is 3. The van der Waals surface area contributed by atoms with Gasteiger partial charge < -0.3 is 10.6 Å². The van der Waals surface area contributed by atoms with Crippen LogP contribution in [0.25, 0.3) is 0 Å². The summed E-state index contributed by atoms with van der Waals surface area (Å²) in [4.78, 5) is 4.74. The normalized spacial score (nSPS) is 16.5. The van der Waals surface area contributed by atoms with Crippen LogP contribution in [0.1, 0.15) is 64.0 Å². The predicted octanol–water partition coefficient (Wildman–Crippen LogP) is 4.51. The quantitative estimate of drug-likeness (QED) is 0.277. The van der Waals surface area contributed by atoms with Crippen molar-refractivity contribution in [2.45, 2.75) is 65.2 Å². The van der Waals surface area contributed by atoms with Crippen LogP contribution in [-0.2, 0) is 22.1 Å². The molecule has 0 atom stereocenters. The molecule has 1 fully saturated rings. The summed E-state index contributed by atoms with van der Waals surface area (Å²) in [5, 5.41) is 6.93. The van der Waals surface area contributed by atoms with Gasteiger partial charge in [0.05, 0.1) is 12.3 Å². The van der Waals surface area contributed by atoms with Crippen molar-refractivity contribution in [2.75, 3.05) is 19.3 Å². The van der Waals surface area contributed by atoms with Crippen LogP contribution in [0, 0.1) is 11.3 Å². The van der Waals surface area contributed by atoms with Gasteiger partial charge >= 0.3 is 0 Å². The van der Waals surface area contributed by atoms with Crippen molar-refractivity contribution in [3.05, 3.63) is 35.4 Å². The number of benzene rings is 1. The lowest BCUT2D eigenvalue weighted by Gasteiger charge is -2.32. The van der Waals surface area contributed by atoms with Gasteiger partial charge in [-0.2, -0.15) is 0 Å². The molecule has 166 valence electrons. The maximum atomic E-state index is 11.4. The minimum absolute atomic E-state index is 0. The van der Waals surface area contributed by atoms with Crippen LogP contribution < -0.4 is 10.6 Å². The Kier molecular flexibility index (Phi) is 11.0. The van der Waals surface area contributed by atoms with Crippen LogP contribution in [0.15, 0.2) is 29.3 Å². The molecule has 2 rings (SSSR count). The summed E-state index contributed by atoms with van der Waals surface area (Å²) < 4.78 is 22.8. The molecule has 0 heterocycles. The van der Waals surface area contributed by atoms with E-state index < -0.39 is 9.84 Å². The Balaban J connectivity index is 0.00000420. The summed E-state index contributed by atoms with van der Waals surface area (Å²) in [5.41, 5.74) is 2.29. The van der Waals surface area contributed by atoms with Gasteiger partial charge in [-0.15, -0.1) is 24.0 Å². The number of hydrogen-bond donors (Lipinski definition) is 2. The van der Waals surface area contributed by atoms with Crippen LogP contribution in [0.3, 0.4) is 0 Å². The molecule has 0 spiro atoms. The first kappa shape index (κ1) is 26.2. The van der Waals surface area contributed by atoms with Crippen LogP contribution in [-0.4, -0.2) is 33.7 Å². The number of nitrogens with one attached hydrogen (secondary N) is 2. The lowest BCUT2D eigenvalue weighted by Crippen LogP contribution is -2.43. The maximum Gasteiger partial charge on any atom is 0.191 e. The molecule has 0 radical (unpaired) electrons. The molecule has 1 aromatic rings. The highest BCUT2D eigenvalue weighted by molar-refractivity contribution is 14.0.